The summed E-state index contributed by atoms with van der Waals surface area (Å²) in [6, 6.07) is 8.82. The second-order valence-electron chi connectivity index (χ2n) is 4.15. The molecule has 2 aromatic rings. The van der Waals surface area contributed by atoms with E-state index in [1.165, 1.54) is 0 Å². The number of alkyl halides is 3. The number of carbonyl (C=O) groups is 1. The van der Waals surface area contributed by atoms with Gasteiger partial charge in [0.2, 0.25) is 11.0 Å². The van der Waals surface area contributed by atoms with Crippen molar-refractivity contribution in [1.82, 2.24) is 10.2 Å². The van der Waals surface area contributed by atoms with Gasteiger partial charge in [0, 0.05) is 0 Å². The molecular weight excluding hydrogens is 337 g/mol. The molecule has 5 nitrogen and oxygen atoms in total. The molecule has 22 heavy (non-hydrogen) atoms. The topological polar surface area (TPSA) is 80.9 Å². The lowest BCUT2D eigenvalue weighted by atomic mass is 10.1. The Morgan fingerprint density at radius 3 is 2.59 bits per heavy atom. The van der Waals surface area contributed by atoms with Gasteiger partial charge in [-0.3, -0.25) is 4.79 Å². The van der Waals surface area contributed by atoms with Gasteiger partial charge in [-0.2, -0.15) is 13.2 Å². The lowest BCUT2D eigenvalue weighted by Gasteiger charge is -2.10. The lowest BCUT2D eigenvalue weighted by Crippen LogP contribution is -2.21. The number of halogens is 3. The summed E-state index contributed by atoms with van der Waals surface area (Å²) >= 11 is 1.99. The van der Waals surface area contributed by atoms with Crippen molar-refractivity contribution in [3.8, 4) is 0 Å². The molecule has 0 saturated carbocycles. The van der Waals surface area contributed by atoms with Crippen LogP contribution in [0.2, 0.25) is 0 Å². The fourth-order valence-corrected chi connectivity index (χ4v) is 3.41. The number of aromatic nitrogens is 2. The third kappa shape index (κ3) is 4.88. The third-order valence-electron chi connectivity index (χ3n) is 2.43. The molecule has 118 valence electrons. The highest BCUT2D eigenvalue weighted by atomic mass is 32.2. The first-order valence-electron chi connectivity index (χ1n) is 6.00. The largest absolute Gasteiger partial charge is 0.405 e. The van der Waals surface area contributed by atoms with Crippen LogP contribution in [0.3, 0.4) is 0 Å². The number of benzene rings is 1. The first-order chi connectivity index (χ1) is 10.3. The zero-order valence-electron chi connectivity index (χ0n) is 11.0. The highest BCUT2D eigenvalue weighted by Crippen LogP contribution is 2.37. The Morgan fingerprint density at radius 1 is 1.32 bits per heavy atom. The normalized spacial score (nSPS) is 12.9. The average Bonchev–Trinajstić information content (AvgIpc) is 2.90. The number of anilines is 1. The molecule has 0 bridgehead atoms. The monoisotopic (exact) mass is 348 g/mol. The van der Waals surface area contributed by atoms with Crippen molar-refractivity contribution in [2.45, 2.75) is 15.8 Å². The van der Waals surface area contributed by atoms with E-state index in [1.54, 1.807) is 30.3 Å². The summed E-state index contributed by atoms with van der Waals surface area (Å²) < 4.78 is 36.7. The minimum atomic E-state index is -4.33. The van der Waals surface area contributed by atoms with Crippen LogP contribution in [-0.4, -0.2) is 28.8 Å². The van der Waals surface area contributed by atoms with E-state index in [-0.39, 0.29) is 5.13 Å². The number of nitrogens with one attached hydrogen (secondary N) is 1. The molecule has 2 rings (SSSR count). The van der Waals surface area contributed by atoms with E-state index in [0.29, 0.717) is 9.90 Å². The van der Waals surface area contributed by atoms with Crippen molar-refractivity contribution in [3.63, 3.8) is 0 Å². The molecule has 1 aromatic heterocycles. The summed E-state index contributed by atoms with van der Waals surface area (Å²) in [5.74, 6) is -0.559. The Morgan fingerprint density at radius 2 is 2.00 bits per heavy atom. The van der Waals surface area contributed by atoms with Crippen LogP contribution in [0.25, 0.3) is 0 Å². The number of rotatable bonds is 6. The molecule has 0 spiro atoms. The molecule has 1 unspecified atom stereocenters. The lowest BCUT2D eigenvalue weighted by molar-refractivity contribution is -0.117. The van der Waals surface area contributed by atoms with Gasteiger partial charge >= 0.3 is 6.18 Å². The fourth-order valence-electron chi connectivity index (χ4n) is 1.52. The van der Waals surface area contributed by atoms with Crippen molar-refractivity contribution >= 4 is 34.1 Å². The van der Waals surface area contributed by atoms with Crippen LogP contribution in [0.1, 0.15) is 10.8 Å². The molecule has 10 heteroatoms. The Bertz CT molecular complexity index is 633. The van der Waals surface area contributed by atoms with Crippen molar-refractivity contribution < 1.29 is 18.0 Å². The first-order valence-corrected chi connectivity index (χ1v) is 7.70. The summed E-state index contributed by atoms with van der Waals surface area (Å²) in [7, 11) is 0. The van der Waals surface area contributed by atoms with E-state index in [4.69, 9.17) is 5.73 Å². The number of nitrogens with zero attached hydrogens (tertiary/aromatic N) is 2. The number of nitrogens with two attached hydrogens (primary N) is 1. The van der Waals surface area contributed by atoms with Gasteiger partial charge in [-0.05, 0) is 5.56 Å². The Labute approximate surface area is 132 Å². The summed E-state index contributed by atoms with van der Waals surface area (Å²) in [5.41, 5.74) is 6.07. The molecule has 0 aliphatic carbocycles. The zero-order chi connectivity index (χ0) is 16.2. The van der Waals surface area contributed by atoms with Crippen LogP contribution in [-0.2, 0) is 4.79 Å². The first kappa shape index (κ1) is 16.6. The van der Waals surface area contributed by atoms with Crippen LogP contribution in [0, 0.1) is 0 Å². The molecule has 0 saturated heterocycles. The Hall–Kier alpha value is -1.81. The van der Waals surface area contributed by atoms with Gasteiger partial charge in [-0.25, -0.2) is 0 Å². The molecule has 1 aromatic carbocycles. The van der Waals surface area contributed by atoms with E-state index < -0.39 is 23.9 Å². The predicted molar refractivity (Wildman–Crippen MR) is 78.7 cm³/mol. The standard InChI is InChI=1S/C12H11F3N4OS2/c13-12(14,15)6-17-10-18-19-11(22-10)21-8(9(16)20)7-4-2-1-3-5-7/h1-5,8H,6H2,(H2,16,20)(H,17,18). The molecule has 3 N–H and O–H groups in total. The van der Waals surface area contributed by atoms with Crippen LogP contribution in [0.5, 0.6) is 0 Å². The van der Waals surface area contributed by atoms with E-state index in [9.17, 15) is 18.0 Å². The molecule has 0 aliphatic rings. The summed E-state index contributed by atoms with van der Waals surface area (Å²) in [6.45, 7) is -1.19. The van der Waals surface area contributed by atoms with Gasteiger partial charge in [0.25, 0.3) is 0 Å². The number of hydrogen-bond acceptors (Lipinski definition) is 6. The Balaban J connectivity index is 2.05. The second-order valence-corrected chi connectivity index (χ2v) is 6.48. The molecule has 1 atom stereocenters. The van der Waals surface area contributed by atoms with E-state index in [2.05, 4.69) is 15.5 Å². The van der Waals surface area contributed by atoms with Gasteiger partial charge in [0.05, 0.1) is 0 Å². The minimum Gasteiger partial charge on any atom is -0.368 e. The summed E-state index contributed by atoms with van der Waals surface area (Å²) in [4.78, 5) is 11.6. The maximum absolute atomic E-state index is 12.1. The van der Waals surface area contributed by atoms with E-state index in [0.717, 1.165) is 23.1 Å². The molecule has 0 radical (unpaired) electrons. The third-order valence-corrected chi connectivity index (χ3v) is 4.66. The number of primary amides is 1. The van der Waals surface area contributed by atoms with E-state index >= 15 is 0 Å². The van der Waals surface area contributed by atoms with Crippen LogP contribution in [0.15, 0.2) is 34.7 Å². The van der Waals surface area contributed by atoms with Crippen LogP contribution < -0.4 is 11.1 Å². The second kappa shape index (κ2) is 6.97. The highest BCUT2D eigenvalue weighted by Gasteiger charge is 2.27. The van der Waals surface area contributed by atoms with E-state index in [1.807, 2.05) is 0 Å². The fraction of sp³-hybridized carbons (Fsp3) is 0.250. The highest BCUT2D eigenvalue weighted by molar-refractivity contribution is 8.01. The Kier molecular flexibility index (Phi) is 5.24. The minimum absolute atomic E-state index is 0.0381. The summed E-state index contributed by atoms with van der Waals surface area (Å²) in [6.07, 6.45) is -4.33. The van der Waals surface area contributed by atoms with Crippen molar-refractivity contribution in [1.29, 1.82) is 0 Å². The van der Waals surface area contributed by atoms with Gasteiger partial charge in [0.15, 0.2) is 4.34 Å². The van der Waals surface area contributed by atoms with Gasteiger partial charge < -0.3 is 11.1 Å². The molecule has 1 amide bonds. The SMILES string of the molecule is NC(=O)C(Sc1nnc(NCC(F)(F)F)s1)c1ccccc1. The van der Waals surface area contributed by atoms with Crippen molar-refractivity contribution in [3.05, 3.63) is 35.9 Å². The average molecular weight is 348 g/mol. The maximum Gasteiger partial charge on any atom is 0.405 e. The van der Waals surface area contributed by atoms with Gasteiger partial charge in [-0.15, -0.1) is 10.2 Å². The molecular formula is C12H11F3N4OS2. The number of amides is 1. The molecule has 0 fully saturated rings. The van der Waals surface area contributed by atoms with Crippen molar-refractivity contribution in [2.75, 3.05) is 11.9 Å². The van der Waals surface area contributed by atoms with Gasteiger partial charge in [-0.1, -0.05) is 53.4 Å². The molecule has 1 heterocycles. The van der Waals surface area contributed by atoms with Crippen LogP contribution >= 0.6 is 23.1 Å². The smallest absolute Gasteiger partial charge is 0.368 e. The quantitative estimate of drug-likeness (QED) is 0.785. The van der Waals surface area contributed by atoms with Gasteiger partial charge in [0.1, 0.15) is 11.8 Å². The zero-order valence-corrected chi connectivity index (χ0v) is 12.6. The van der Waals surface area contributed by atoms with Crippen molar-refractivity contribution in [2.24, 2.45) is 5.73 Å². The number of hydrogen-bond donors (Lipinski definition) is 2. The molecule has 0 aliphatic heterocycles. The maximum atomic E-state index is 12.1. The number of carbonyl (C=O) groups excluding carboxylic acids is 1. The van der Waals surface area contributed by atoms with Crippen LogP contribution in [0.4, 0.5) is 18.3 Å². The predicted octanol–water partition coefficient (Wildman–Crippen LogP) is 2.83. The summed E-state index contributed by atoms with van der Waals surface area (Å²) in [5, 5.41) is 8.87. The number of thioether (sulfide) groups is 1.